The van der Waals surface area contributed by atoms with E-state index in [9.17, 15) is 0 Å². The van der Waals surface area contributed by atoms with E-state index in [0.29, 0.717) is 34.7 Å². The van der Waals surface area contributed by atoms with E-state index in [0.717, 1.165) is 22.7 Å². The van der Waals surface area contributed by atoms with Gasteiger partial charge in [-0.2, -0.15) is 29.7 Å². The maximum absolute atomic E-state index is 6.55. The summed E-state index contributed by atoms with van der Waals surface area (Å²) in [6, 6.07) is 19.8. The van der Waals surface area contributed by atoms with Crippen molar-refractivity contribution in [3.63, 3.8) is 0 Å². The van der Waals surface area contributed by atoms with E-state index in [1.54, 1.807) is 0 Å². The van der Waals surface area contributed by atoms with Crippen LogP contribution >= 0.6 is 19.5 Å². The van der Waals surface area contributed by atoms with E-state index in [2.05, 4.69) is 144 Å². The molecule has 0 aliphatic heterocycles. The van der Waals surface area contributed by atoms with Crippen molar-refractivity contribution >= 4 is 27.6 Å². The molecule has 1 unspecified atom stereocenters. The normalized spacial score (nSPS) is 12.6. The molecule has 0 spiro atoms. The molecular formula is C39H59ClFeNPSi. The molecule has 244 valence electrons. The molecule has 1 nitrogen and oxygen atoms in total. The van der Waals surface area contributed by atoms with Crippen LogP contribution in [0, 0.1) is 13.0 Å². The molecular weight excluding hydrogens is 633 g/mol. The second-order valence-electron chi connectivity index (χ2n) is 14.7. The molecule has 1 aromatic heterocycles. The Bertz CT molecular complexity index is 1250. The molecule has 3 rings (SSSR count). The SMILES string of the molecule is CC(C)c1cc(C(C)C)c(-c2cccc(C(C[CH-]c3ccccc3Cl)P(C(C)C)C(C)C)n2)c(C(C)C)c1.[CH2-][Si](C)(C)C.[Fe+2]. The fourth-order valence-electron chi connectivity index (χ4n) is 5.62. The van der Waals surface area contributed by atoms with Crippen LogP contribution in [0.2, 0.25) is 24.7 Å². The van der Waals surface area contributed by atoms with Gasteiger partial charge in [-0.1, -0.05) is 133 Å². The van der Waals surface area contributed by atoms with Crippen LogP contribution in [0.1, 0.15) is 127 Å². The Morgan fingerprint density at radius 3 is 1.70 bits per heavy atom. The zero-order valence-corrected chi connectivity index (χ0v) is 33.5. The summed E-state index contributed by atoms with van der Waals surface area (Å²) in [4.78, 5) is 5.49. The van der Waals surface area contributed by atoms with Gasteiger partial charge in [-0.15, -0.1) is 20.2 Å². The summed E-state index contributed by atoms with van der Waals surface area (Å²) >= 11 is 6.55. The summed E-state index contributed by atoms with van der Waals surface area (Å²) in [5.41, 5.74) is 10.7. The van der Waals surface area contributed by atoms with Crippen molar-refractivity contribution in [1.82, 2.24) is 4.98 Å². The van der Waals surface area contributed by atoms with E-state index in [1.165, 1.54) is 27.9 Å². The van der Waals surface area contributed by atoms with Crippen LogP contribution in [-0.4, -0.2) is 24.4 Å². The molecule has 0 fully saturated rings. The number of pyridine rings is 1. The Morgan fingerprint density at radius 1 is 0.773 bits per heavy atom. The molecule has 44 heavy (non-hydrogen) atoms. The quantitative estimate of drug-likeness (QED) is 0.111. The van der Waals surface area contributed by atoms with Gasteiger partial charge in [-0.05, 0) is 57.9 Å². The first-order valence-corrected chi connectivity index (χ1v) is 21.9. The van der Waals surface area contributed by atoms with Crippen LogP contribution in [0.25, 0.3) is 11.3 Å². The molecule has 2 aromatic carbocycles. The molecule has 0 aliphatic carbocycles. The van der Waals surface area contributed by atoms with Crippen LogP contribution in [0.5, 0.6) is 0 Å². The van der Waals surface area contributed by atoms with Crippen molar-refractivity contribution in [1.29, 1.82) is 0 Å². The number of halogens is 1. The van der Waals surface area contributed by atoms with Gasteiger partial charge < -0.3 is 6.55 Å². The van der Waals surface area contributed by atoms with E-state index in [-0.39, 0.29) is 25.0 Å². The number of rotatable bonds is 11. The third kappa shape index (κ3) is 12.3. The Hall–Kier alpha value is -1.08. The van der Waals surface area contributed by atoms with Crippen LogP contribution in [0.15, 0.2) is 54.6 Å². The van der Waals surface area contributed by atoms with Crippen molar-refractivity contribution in [2.45, 2.75) is 130 Å². The summed E-state index contributed by atoms with van der Waals surface area (Å²) in [7, 11) is -1.16. The smallest absolute Gasteiger partial charge is 0.342 e. The number of hydrogen-bond donors (Lipinski definition) is 0. The fourth-order valence-corrected chi connectivity index (χ4v) is 9.26. The molecule has 1 heterocycles. The van der Waals surface area contributed by atoms with Crippen LogP contribution < -0.4 is 0 Å². The predicted molar refractivity (Wildman–Crippen MR) is 200 cm³/mol. The van der Waals surface area contributed by atoms with Crippen LogP contribution in [-0.2, 0) is 17.1 Å². The fraction of sp³-hybridized carbons (Fsp3) is 0.513. The maximum atomic E-state index is 6.55. The summed E-state index contributed by atoms with van der Waals surface area (Å²) in [5, 5.41) is 0.819. The maximum Gasteiger partial charge on any atom is 2.00 e. The topological polar surface area (TPSA) is 12.9 Å². The van der Waals surface area contributed by atoms with Crippen molar-refractivity contribution in [3.05, 3.63) is 101 Å². The van der Waals surface area contributed by atoms with Gasteiger partial charge in [-0.25, -0.2) is 0 Å². The molecule has 0 N–H and O–H groups in total. The van der Waals surface area contributed by atoms with Gasteiger partial charge in [0, 0.05) is 16.9 Å². The minimum Gasteiger partial charge on any atom is -0.342 e. The Morgan fingerprint density at radius 2 is 1.27 bits per heavy atom. The largest absolute Gasteiger partial charge is 2.00 e. The first kappa shape index (κ1) is 40.9. The van der Waals surface area contributed by atoms with Crippen molar-refractivity contribution in [2.75, 3.05) is 0 Å². The van der Waals surface area contributed by atoms with Crippen LogP contribution in [0.3, 0.4) is 0 Å². The average Bonchev–Trinajstić information content (AvgIpc) is 2.89. The minimum absolute atomic E-state index is 0. The Labute approximate surface area is 290 Å². The predicted octanol–water partition coefficient (Wildman–Crippen LogP) is 13.5. The van der Waals surface area contributed by atoms with Gasteiger partial charge in [0.2, 0.25) is 0 Å². The number of aromatic nitrogens is 1. The third-order valence-corrected chi connectivity index (χ3v) is 11.4. The second kappa shape index (κ2) is 18.3. The molecule has 0 aliphatic rings. The summed E-state index contributed by atoms with van der Waals surface area (Å²) in [5.74, 6) is 1.36. The number of hydrogen-bond acceptors (Lipinski definition) is 1. The van der Waals surface area contributed by atoms with Crippen molar-refractivity contribution in [3.8, 4) is 11.3 Å². The number of benzene rings is 2. The standard InChI is InChI=1S/C35H48ClNP.C4H11Si.Fe/c1-22(2)28-20-29(23(3)4)35(30(21-28)24(5)6)33-17-13-16-32(37-33)34(38(25(7)8)26(9)10)19-18-27-14-11-12-15-31(27)36;1-5(2,3)4;/h11-18,20-26,34H,19H2,1-10H3;1H2,2-4H3;/q2*-1;+2. The molecule has 5 heteroatoms. The van der Waals surface area contributed by atoms with E-state index in [4.69, 9.17) is 16.6 Å². The van der Waals surface area contributed by atoms with Crippen molar-refractivity contribution < 1.29 is 17.1 Å². The monoisotopic (exact) mass is 691 g/mol. The van der Waals surface area contributed by atoms with Gasteiger partial charge in [0.1, 0.15) is 0 Å². The Kier molecular flexibility index (Phi) is 17.0. The van der Waals surface area contributed by atoms with Gasteiger partial charge in [0.25, 0.3) is 0 Å². The zero-order chi connectivity index (χ0) is 32.6. The van der Waals surface area contributed by atoms with Gasteiger partial charge in [-0.3, -0.25) is 4.98 Å². The molecule has 0 saturated heterocycles. The molecule has 0 radical (unpaired) electrons. The Balaban J connectivity index is 0.00000149. The van der Waals surface area contributed by atoms with Gasteiger partial charge in [0.15, 0.2) is 0 Å². The molecule has 0 amide bonds. The van der Waals surface area contributed by atoms with Crippen molar-refractivity contribution in [2.24, 2.45) is 0 Å². The van der Waals surface area contributed by atoms with E-state index >= 15 is 0 Å². The third-order valence-electron chi connectivity index (χ3n) is 7.52. The summed E-state index contributed by atoms with van der Waals surface area (Å²) < 4.78 is 0. The molecule has 0 bridgehead atoms. The van der Waals surface area contributed by atoms with E-state index in [1.807, 2.05) is 12.1 Å². The van der Waals surface area contributed by atoms with Gasteiger partial charge in [0.05, 0.1) is 5.69 Å². The summed E-state index contributed by atoms with van der Waals surface area (Å²) in [6.07, 6.45) is 3.28. The van der Waals surface area contributed by atoms with E-state index < -0.39 is 8.07 Å². The van der Waals surface area contributed by atoms with Crippen LogP contribution in [0.4, 0.5) is 0 Å². The molecule has 3 aromatic rings. The zero-order valence-electron chi connectivity index (χ0n) is 29.8. The first-order valence-electron chi connectivity index (χ1n) is 16.3. The molecule has 0 saturated carbocycles. The first-order chi connectivity index (χ1) is 19.9. The molecule has 1 atom stereocenters. The minimum atomic E-state index is -0.861. The second-order valence-corrected chi connectivity index (χ2v) is 23.8. The number of nitrogens with zero attached hydrogens (tertiary/aromatic N) is 1. The summed E-state index contributed by atoms with van der Waals surface area (Å²) in [6.45, 7) is 33.9. The van der Waals surface area contributed by atoms with Gasteiger partial charge >= 0.3 is 17.1 Å². The average molecular weight is 692 g/mol.